The van der Waals surface area contributed by atoms with Crippen molar-refractivity contribution in [1.82, 2.24) is 15.0 Å². The highest BCUT2D eigenvalue weighted by atomic mass is 16.5. The lowest BCUT2D eigenvalue weighted by molar-refractivity contribution is 0.340. The summed E-state index contributed by atoms with van der Waals surface area (Å²) in [4.78, 5) is 12.4. The van der Waals surface area contributed by atoms with E-state index in [1.165, 1.54) is 14.2 Å². The van der Waals surface area contributed by atoms with Crippen LogP contribution in [0.5, 0.6) is 17.2 Å². The fourth-order valence-corrected chi connectivity index (χ4v) is 2.55. The lowest BCUT2D eigenvalue weighted by Gasteiger charge is -2.10. The molecule has 0 aliphatic heterocycles. The van der Waals surface area contributed by atoms with Gasteiger partial charge in [0.05, 0.1) is 31.3 Å². The topological polar surface area (TPSA) is 80.3 Å². The van der Waals surface area contributed by atoms with E-state index in [0.717, 1.165) is 29.1 Å². The van der Waals surface area contributed by atoms with E-state index in [2.05, 4.69) is 15.0 Å². The molecule has 0 radical (unpaired) electrons. The van der Waals surface area contributed by atoms with Crippen LogP contribution < -0.4 is 9.47 Å². The van der Waals surface area contributed by atoms with Crippen LogP contribution in [-0.4, -0.2) is 34.3 Å². The first kappa shape index (κ1) is 15.9. The van der Waals surface area contributed by atoms with Gasteiger partial charge in [0.25, 0.3) is 0 Å². The summed E-state index contributed by atoms with van der Waals surface area (Å²) in [5.41, 5.74) is 3.41. The minimum absolute atomic E-state index is 0.0315. The van der Waals surface area contributed by atoms with Gasteiger partial charge in [-0.15, -0.1) is 0 Å². The standard InChI is InChI=1S/C18H19N3O3/c1-4-12-16(13-7-5-6-8-19-13)21-18(20-12)11-9-14(23-2)17(22)15(10-11)24-3/h5-10,22H,4H2,1-3H3,(H,20,21). The third-order valence-corrected chi connectivity index (χ3v) is 3.79. The maximum Gasteiger partial charge on any atom is 0.200 e. The molecule has 0 unspecified atom stereocenters. The summed E-state index contributed by atoms with van der Waals surface area (Å²) < 4.78 is 10.4. The highest BCUT2D eigenvalue weighted by Gasteiger charge is 2.17. The van der Waals surface area contributed by atoms with Crippen LogP contribution in [0.3, 0.4) is 0 Å². The highest BCUT2D eigenvalue weighted by molar-refractivity contribution is 5.70. The number of phenols is 1. The molecule has 6 nitrogen and oxygen atoms in total. The molecule has 0 saturated carbocycles. The number of nitrogens with one attached hydrogen (secondary N) is 1. The molecule has 24 heavy (non-hydrogen) atoms. The van der Waals surface area contributed by atoms with Gasteiger partial charge in [0.2, 0.25) is 5.75 Å². The second-order valence-corrected chi connectivity index (χ2v) is 5.21. The number of aromatic hydroxyl groups is 1. The van der Waals surface area contributed by atoms with Gasteiger partial charge in [-0.3, -0.25) is 4.98 Å². The van der Waals surface area contributed by atoms with Crippen molar-refractivity contribution in [3.8, 4) is 40.0 Å². The number of aryl methyl sites for hydroxylation is 1. The second kappa shape index (κ2) is 6.62. The number of methoxy groups -OCH3 is 2. The molecular weight excluding hydrogens is 306 g/mol. The second-order valence-electron chi connectivity index (χ2n) is 5.21. The molecule has 0 aliphatic carbocycles. The van der Waals surface area contributed by atoms with Gasteiger partial charge in [0, 0.05) is 11.8 Å². The Bertz CT molecular complexity index is 819. The smallest absolute Gasteiger partial charge is 0.200 e. The van der Waals surface area contributed by atoms with E-state index in [0.29, 0.717) is 17.3 Å². The fraction of sp³-hybridized carbons (Fsp3) is 0.222. The summed E-state index contributed by atoms with van der Waals surface area (Å²) >= 11 is 0. The zero-order chi connectivity index (χ0) is 17.1. The number of nitrogens with zero attached hydrogens (tertiary/aromatic N) is 2. The number of imidazole rings is 1. The van der Waals surface area contributed by atoms with Crippen LogP contribution in [0.2, 0.25) is 0 Å². The SMILES string of the molecule is CCc1nc(-c2cc(OC)c(O)c(OC)c2)[nH]c1-c1ccccn1. The number of aromatic amines is 1. The van der Waals surface area contributed by atoms with Gasteiger partial charge >= 0.3 is 0 Å². The third kappa shape index (κ3) is 2.78. The molecule has 1 aromatic carbocycles. The van der Waals surface area contributed by atoms with Crippen LogP contribution in [0.25, 0.3) is 22.8 Å². The first-order chi connectivity index (χ1) is 11.7. The monoisotopic (exact) mass is 325 g/mol. The van der Waals surface area contributed by atoms with Gasteiger partial charge in [0.15, 0.2) is 11.5 Å². The van der Waals surface area contributed by atoms with Crippen LogP contribution in [0.4, 0.5) is 0 Å². The summed E-state index contributed by atoms with van der Waals surface area (Å²) in [6.07, 6.45) is 2.52. The average Bonchev–Trinajstić information content (AvgIpc) is 3.07. The molecular formula is C18H19N3O3. The molecule has 0 fully saturated rings. The van der Waals surface area contributed by atoms with E-state index in [4.69, 9.17) is 9.47 Å². The number of pyridine rings is 1. The molecule has 0 amide bonds. The van der Waals surface area contributed by atoms with Gasteiger partial charge in [-0.25, -0.2) is 4.98 Å². The Balaban J connectivity index is 2.12. The Kier molecular flexibility index (Phi) is 4.37. The van der Waals surface area contributed by atoms with Crippen LogP contribution in [0.1, 0.15) is 12.6 Å². The molecule has 3 aromatic rings. The quantitative estimate of drug-likeness (QED) is 0.751. The van der Waals surface area contributed by atoms with Gasteiger partial charge in [-0.1, -0.05) is 13.0 Å². The van der Waals surface area contributed by atoms with Gasteiger partial charge in [0.1, 0.15) is 5.82 Å². The molecule has 3 rings (SSSR count). The van der Waals surface area contributed by atoms with Gasteiger partial charge in [-0.2, -0.15) is 0 Å². The summed E-state index contributed by atoms with van der Waals surface area (Å²) in [7, 11) is 2.99. The Morgan fingerprint density at radius 1 is 1.12 bits per heavy atom. The van der Waals surface area contributed by atoms with E-state index in [9.17, 15) is 5.11 Å². The minimum Gasteiger partial charge on any atom is -0.502 e. The first-order valence-electron chi connectivity index (χ1n) is 7.63. The normalized spacial score (nSPS) is 10.6. The maximum absolute atomic E-state index is 10.1. The number of rotatable bonds is 5. The molecule has 2 heterocycles. The maximum atomic E-state index is 10.1. The van der Waals surface area contributed by atoms with Crippen LogP contribution in [0.15, 0.2) is 36.5 Å². The number of hydrogen-bond acceptors (Lipinski definition) is 5. The summed E-state index contributed by atoms with van der Waals surface area (Å²) in [6, 6.07) is 9.20. The number of ether oxygens (including phenoxy) is 2. The summed E-state index contributed by atoms with van der Waals surface area (Å²) in [6.45, 7) is 2.05. The minimum atomic E-state index is -0.0315. The van der Waals surface area contributed by atoms with Crippen molar-refractivity contribution < 1.29 is 14.6 Å². The highest BCUT2D eigenvalue weighted by Crippen LogP contribution is 2.40. The van der Waals surface area contributed by atoms with Gasteiger partial charge in [-0.05, 0) is 30.7 Å². The predicted octanol–water partition coefficient (Wildman–Crippen LogP) is 3.42. The molecule has 6 heteroatoms. The number of hydrogen-bond donors (Lipinski definition) is 2. The van der Waals surface area contributed by atoms with E-state index >= 15 is 0 Å². The van der Waals surface area contributed by atoms with E-state index in [1.807, 2.05) is 25.1 Å². The Hall–Kier alpha value is -3.02. The van der Waals surface area contributed by atoms with Crippen molar-refractivity contribution in [3.63, 3.8) is 0 Å². The predicted molar refractivity (Wildman–Crippen MR) is 91.4 cm³/mol. The van der Waals surface area contributed by atoms with Crippen LogP contribution >= 0.6 is 0 Å². The largest absolute Gasteiger partial charge is 0.502 e. The third-order valence-electron chi connectivity index (χ3n) is 3.79. The molecule has 124 valence electrons. The average molecular weight is 325 g/mol. The molecule has 0 saturated heterocycles. The van der Waals surface area contributed by atoms with Crippen molar-refractivity contribution in [2.75, 3.05) is 14.2 Å². The fourth-order valence-electron chi connectivity index (χ4n) is 2.55. The van der Waals surface area contributed by atoms with Crippen molar-refractivity contribution in [2.45, 2.75) is 13.3 Å². The van der Waals surface area contributed by atoms with E-state index < -0.39 is 0 Å². The van der Waals surface area contributed by atoms with Crippen molar-refractivity contribution in [2.24, 2.45) is 0 Å². The van der Waals surface area contributed by atoms with Crippen LogP contribution in [-0.2, 0) is 6.42 Å². The number of benzene rings is 1. The lowest BCUT2D eigenvalue weighted by atomic mass is 10.1. The molecule has 0 spiro atoms. The summed E-state index contributed by atoms with van der Waals surface area (Å²) in [5.74, 6) is 1.30. The number of aromatic nitrogens is 3. The Morgan fingerprint density at radius 3 is 2.38 bits per heavy atom. The van der Waals surface area contributed by atoms with Gasteiger partial charge < -0.3 is 19.6 Å². The van der Waals surface area contributed by atoms with Crippen molar-refractivity contribution >= 4 is 0 Å². The Morgan fingerprint density at radius 2 is 1.83 bits per heavy atom. The first-order valence-corrected chi connectivity index (χ1v) is 7.63. The molecule has 0 aliphatic rings. The van der Waals surface area contributed by atoms with Crippen molar-refractivity contribution in [3.05, 3.63) is 42.2 Å². The van der Waals surface area contributed by atoms with E-state index in [-0.39, 0.29) is 5.75 Å². The van der Waals surface area contributed by atoms with Crippen LogP contribution in [0, 0.1) is 0 Å². The van der Waals surface area contributed by atoms with Crippen molar-refractivity contribution in [1.29, 1.82) is 0 Å². The zero-order valence-electron chi connectivity index (χ0n) is 13.8. The zero-order valence-corrected chi connectivity index (χ0v) is 13.8. The van der Waals surface area contributed by atoms with E-state index in [1.54, 1.807) is 18.3 Å². The molecule has 0 bridgehead atoms. The molecule has 0 atom stereocenters. The lowest BCUT2D eigenvalue weighted by Crippen LogP contribution is -1.91. The Labute approximate surface area is 140 Å². The molecule has 2 N–H and O–H groups in total. The number of H-pyrrole nitrogens is 1. The summed E-state index contributed by atoms with van der Waals surface area (Å²) in [5, 5.41) is 10.1. The molecule has 2 aromatic heterocycles. The number of phenolic OH excluding ortho intramolecular Hbond substituents is 1.